The number of rotatable bonds is 1. The number of nitrogens with zero attached hydrogens (tertiary/aromatic N) is 1. The van der Waals surface area contributed by atoms with Crippen molar-refractivity contribution in [3.8, 4) is 0 Å². The zero-order chi connectivity index (χ0) is 9.26. The molecular weight excluding hydrogens is 168 g/mol. The Hall–Kier alpha value is -0.610. The molecule has 0 aromatic rings. The first-order valence-corrected chi connectivity index (χ1v) is 4.96. The summed E-state index contributed by atoms with van der Waals surface area (Å²) in [7, 11) is 0. The third-order valence-corrected chi connectivity index (χ3v) is 2.98. The second-order valence-corrected chi connectivity index (χ2v) is 3.89. The smallest absolute Gasteiger partial charge is 0.234 e. The molecule has 74 valence electrons. The van der Waals surface area contributed by atoms with E-state index in [9.17, 15) is 9.90 Å². The first kappa shape index (κ1) is 8.97. The van der Waals surface area contributed by atoms with E-state index in [1.165, 1.54) is 0 Å². The van der Waals surface area contributed by atoms with Gasteiger partial charge in [0.1, 0.15) is 0 Å². The lowest BCUT2D eigenvalue weighted by Gasteiger charge is -2.33. The molecule has 4 heteroatoms. The quantitative estimate of drug-likeness (QED) is 0.568. The van der Waals surface area contributed by atoms with Crippen LogP contribution in [-0.4, -0.2) is 47.7 Å². The maximum atomic E-state index is 11.1. The van der Waals surface area contributed by atoms with Gasteiger partial charge >= 0.3 is 0 Å². The predicted molar refractivity (Wildman–Crippen MR) is 48.2 cm³/mol. The summed E-state index contributed by atoms with van der Waals surface area (Å²) in [5, 5.41) is 12.4. The van der Waals surface area contributed by atoms with E-state index in [1.807, 2.05) is 0 Å². The average Bonchev–Trinajstić information content (AvgIpc) is 2.51. The van der Waals surface area contributed by atoms with Crippen molar-refractivity contribution in [2.75, 3.05) is 19.6 Å². The zero-order valence-electron chi connectivity index (χ0n) is 7.70. The Balaban J connectivity index is 1.95. The van der Waals surface area contributed by atoms with Gasteiger partial charge in [0, 0.05) is 19.1 Å². The van der Waals surface area contributed by atoms with Gasteiger partial charge in [-0.1, -0.05) is 0 Å². The third kappa shape index (κ3) is 1.84. The fourth-order valence-electron chi connectivity index (χ4n) is 2.29. The Morgan fingerprint density at radius 2 is 2.31 bits per heavy atom. The fraction of sp³-hybridized carbons (Fsp3) is 0.889. The Bertz CT molecular complexity index is 208. The number of aliphatic hydroxyl groups excluding tert-OH is 1. The molecular formula is C9H16N2O2. The molecule has 0 bridgehead atoms. The Morgan fingerprint density at radius 3 is 2.92 bits per heavy atom. The van der Waals surface area contributed by atoms with E-state index in [0.717, 1.165) is 32.4 Å². The normalized spacial score (nSPS) is 36.2. The highest BCUT2D eigenvalue weighted by molar-refractivity contribution is 5.78. The average molecular weight is 184 g/mol. The van der Waals surface area contributed by atoms with Gasteiger partial charge in [-0.25, -0.2) is 0 Å². The summed E-state index contributed by atoms with van der Waals surface area (Å²) >= 11 is 0. The Kier molecular flexibility index (Phi) is 2.51. The van der Waals surface area contributed by atoms with E-state index >= 15 is 0 Å². The van der Waals surface area contributed by atoms with Gasteiger partial charge in [0.15, 0.2) is 0 Å². The molecule has 0 radical (unpaired) electrons. The molecule has 0 unspecified atom stereocenters. The van der Waals surface area contributed by atoms with Gasteiger partial charge in [0.2, 0.25) is 5.91 Å². The number of amides is 1. The van der Waals surface area contributed by atoms with Gasteiger partial charge < -0.3 is 10.4 Å². The molecule has 0 spiro atoms. The molecule has 1 saturated carbocycles. The van der Waals surface area contributed by atoms with Crippen LogP contribution < -0.4 is 5.32 Å². The maximum Gasteiger partial charge on any atom is 0.234 e. The van der Waals surface area contributed by atoms with Crippen LogP contribution in [0.4, 0.5) is 0 Å². The van der Waals surface area contributed by atoms with Crippen molar-refractivity contribution < 1.29 is 9.90 Å². The molecule has 4 nitrogen and oxygen atoms in total. The Morgan fingerprint density at radius 1 is 1.46 bits per heavy atom. The second kappa shape index (κ2) is 3.64. The molecule has 1 aliphatic carbocycles. The summed E-state index contributed by atoms with van der Waals surface area (Å²) in [5.41, 5.74) is 0. The topological polar surface area (TPSA) is 52.6 Å². The number of hydrogen-bond acceptors (Lipinski definition) is 3. The fourth-order valence-corrected chi connectivity index (χ4v) is 2.29. The number of aliphatic hydroxyl groups is 1. The standard InChI is InChI=1S/C9H16N2O2/c12-8-3-1-2-7(8)11-5-4-10-9(13)6-11/h7-8,12H,1-6H2,(H,10,13)/t7-,8+/m0/s1. The molecule has 2 atom stereocenters. The van der Waals surface area contributed by atoms with Crippen molar-refractivity contribution in [2.45, 2.75) is 31.4 Å². The number of piperazine rings is 1. The van der Waals surface area contributed by atoms with Crippen LogP contribution in [0.25, 0.3) is 0 Å². The summed E-state index contributed by atoms with van der Waals surface area (Å²) in [6.45, 7) is 2.07. The zero-order valence-corrected chi connectivity index (χ0v) is 7.70. The van der Waals surface area contributed by atoms with Crippen molar-refractivity contribution >= 4 is 5.91 Å². The molecule has 1 saturated heterocycles. The third-order valence-electron chi connectivity index (χ3n) is 2.98. The predicted octanol–water partition coefficient (Wildman–Crippen LogP) is -0.668. The van der Waals surface area contributed by atoms with E-state index in [0.29, 0.717) is 6.54 Å². The van der Waals surface area contributed by atoms with Crippen LogP contribution in [0.3, 0.4) is 0 Å². The maximum absolute atomic E-state index is 11.1. The number of hydrogen-bond donors (Lipinski definition) is 2. The Labute approximate surface area is 77.9 Å². The highest BCUT2D eigenvalue weighted by atomic mass is 16.3. The minimum Gasteiger partial charge on any atom is -0.391 e. The first-order chi connectivity index (χ1) is 6.27. The number of carbonyl (C=O) groups is 1. The summed E-state index contributed by atoms with van der Waals surface area (Å²) in [6, 6.07) is 0.228. The van der Waals surface area contributed by atoms with Crippen LogP contribution in [0.2, 0.25) is 0 Å². The summed E-state index contributed by atoms with van der Waals surface area (Å²) in [4.78, 5) is 13.2. The molecule has 1 amide bonds. The lowest BCUT2D eigenvalue weighted by atomic mass is 10.1. The summed E-state index contributed by atoms with van der Waals surface area (Å²) in [5.74, 6) is 0.0883. The van der Waals surface area contributed by atoms with Crippen LogP contribution in [0.5, 0.6) is 0 Å². The van der Waals surface area contributed by atoms with E-state index in [2.05, 4.69) is 10.2 Å². The lowest BCUT2D eigenvalue weighted by Crippen LogP contribution is -2.53. The van der Waals surface area contributed by atoms with E-state index in [1.54, 1.807) is 0 Å². The minimum atomic E-state index is -0.217. The number of carbonyl (C=O) groups excluding carboxylic acids is 1. The van der Waals surface area contributed by atoms with Crippen LogP contribution in [0.15, 0.2) is 0 Å². The lowest BCUT2D eigenvalue weighted by molar-refractivity contribution is -0.125. The second-order valence-electron chi connectivity index (χ2n) is 3.89. The van der Waals surface area contributed by atoms with E-state index in [4.69, 9.17) is 0 Å². The van der Waals surface area contributed by atoms with E-state index < -0.39 is 0 Å². The van der Waals surface area contributed by atoms with Crippen LogP contribution in [-0.2, 0) is 4.79 Å². The van der Waals surface area contributed by atoms with Crippen molar-refractivity contribution in [2.24, 2.45) is 0 Å². The molecule has 13 heavy (non-hydrogen) atoms. The van der Waals surface area contributed by atoms with Crippen LogP contribution >= 0.6 is 0 Å². The summed E-state index contributed by atoms with van der Waals surface area (Å²) < 4.78 is 0. The van der Waals surface area contributed by atoms with Crippen molar-refractivity contribution in [1.82, 2.24) is 10.2 Å². The van der Waals surface area contributed by atoms with Crippen LogP contribution in [0, 0.1) is 0 Å². The molecule has 2 aliphatic rings. The molecule has 2 fully saturated rings. The highest BCUT2D eigenvalue weighted by Gasteiger charge is 2.32. The van der Waals surface area contributed by atoms with Gasteiger partial charge in [-0.15, -0.1) is 0 Å². The first-order valence-electron chi connectivity index (χ1n) is 4.96. The molecule has 2 rings (SSSR count). The van der Waals surface area contributed by atoms with Crippen molar-refractivity contribution in [1.29, 1.82) is 0 Å². The van der Waals surface area contributed by atoms with Gasteiger partial charge in [-0.2, -0.15) is 0 Å². The monoisotopic (exact) mass is 184 g/mol. The minimum absolute atomic E-state index is 0.0883. The van der Waals surface area contributed by atoms with Crippen molar-refractivity contribution in [3.63, 3.8) is 0 Å². The van der Waals surface area contributed by atoms with Gasteiger partial charge in [-0.05, 0) is 19.3 Å². The van der Waals surface area contributed by atoms with E-state index in [-0.39, 0.29) is 18.1 Å². The molecule has 0 aromatic carbocycles. The summed E-state index contributed by atoms with van der Waals surface area (Å²) in [6.07, 6.45) is 2.80. The molecule has 1 aliphatic heterocycles. The van der Waals surface area contributed by atoms with Crippen molar-refractivity contribution in [3.05, 3.63) is 0 Å². The molecule has 1 heterocycles. The van der Waals surface area contributed by atoms with Gasteiger partial charge in [0.05, 0.1) is 12.6 Å². The SMILES string of the molecule is O=C1CN([C@H]2CCC[C@H]2O)CCN1. The van der Waals surface area contributed by atoms with Crippen LogP contribution in [0.1, 0.15) is 19.3 Å². The largest absolute Gasteiger partial charge is 0.391 e. The number of nitrogens with one attached hydrogen (secondary N) is 1. The van der Waals surface area contributed by atoms with Gasteiger partial charge in [-0.3, -0.25) is 9.69 Å². The van der Waals surface area contributed by atoms with Gasteiger partial charge in [0.25, 0.3) is 0 Å². The molecule has 0 aromatic heterocycles. The highest BCUT2D eigenvalue weighted by Crippen LogP contribution is 2.24. The molecule has 2 N–H and O–H groups in total.